The third-order valence-electron chi connectivity index (χ3n) is 5.51. The first-order valence-corrected chi connectivity index (χ1v) is 10.6. The second kappa shape index (κ2) is 10.8. The van der Waals surface area contributed by atoms with E-state index in [0.717, 1.165) is 17.5 Å². The molecule has 29 heavy (non-hydrogen) atoms. The topological polar surface area (TPSA) is 49.4 Å². The number of rotatable bonds is 9. The van der Waals surface area contributed by atoms with Crippen LogP contribution in [0.5, 0.6) is 0 Å². The normalized spacial score (nSPS) is 12.9. The molecule has 0 heterocycles. The molecular formula is C25H34N2O2. The third-order valence-corrected chi connectivity index (χ3v) is 5.51. The van der Waals surface area contributed by atoms with Gasteiger partial charge >= 0.3 is 0 Å². The van der Waals surface area contributed by atoms with Gasteiger partial charge in [-0.05, 0) is 55.9 Å². The van der Waals surface area contributed by atoms with Crippen molar-refractivity contribution in [3.8, 4) is 0 Å². The fourth-order valence-corrected chi connectivity index (χ4v) is 3.33. The minimum Gasteiger partial charge on any atom is -0.352 e. The molecule has 0 fully saturated rings. The zero-order valence-corrected chi connectivity index (χ0v) is 18.4. The van der Waals surface area contributed by atoms with Gasteiger partial charge < -0.3 is 10.2 Å². The molecule has 0 aliphatic carbocycles. The van der Waals surface area contributed by atoms with Gasteiger partial charge in [0.05, 0.1) is 6.42 Å². The Morgan fingerprint density at radius 3 is 2.21 bits per heavy atom. The fourth-order valence-electron chi connectivity index (χ4n) is 3.33. The van der Waals surface area contributed by atoms with Gasteiger partial charge in [0.25, 0.3) is 0 Å². The first kappa shape index (κ1) is 22.7. The van der Waals surface area contributed by atoms with E-state index in [2.05, 4.69) is 25.2 Å². The monoisotopic (exact) mass is 394 g/mol. The van der Waals surface area contributed by atoms with Crippen molar-refractivity contribution in [3.63, 3.8) is 0 Å². The lowest BCUT2D eigenvalue weighted by atomic mass is 10.0. The van der Waals surface area contributed by atoms with Crippen molar-refractivity contribution >= 4 is 11.8 Å². The zero-order chi connectivity index (χ0) is 21.4. The van der Waals surface area contributed by atoms with Crippen LogP contribution in [-0.2, 0) is 22.6 Å². The number of aryl methyl sites for hydroxylation is 2. The maximum absolute atomic E-state index is 13.3. The first-order chi connectivity index (χ1) is 13.8. The molecule has 0 radical (unpaired) electrons. The van der Waals surface area contributed by atoms with E-state index >= 15 is 0 Å². The van der Waals surface area contributed by atoms with Gasteiger partial charge in [0.1, 0.15) is 6.04 Å². The molecule has 4 nitrogen and oxygen atoms in total. The molecule has 2 aromatic rings. The van der Waals surface area contributed by atoms with E-state index in [4.69, 9.17) is 0 Å². The summed E-state index contributed by atoms with van der Waals surface area (Å²) < 4.78 is 0. The number of nitrogens with zero attached hydrogens (tertiary/aromatic N) is 1. The van der Waals surface area contributed by atoms with Crippen LogP contribution >= 0.6 is 0 Å². The molecule has 0 spiro atoms. The molecule has 2 rings (SSSR count). The predicted octanol–water partition coefficient (Wildman–Crippen LogP) is 4.57. The van der Waals surface area contributed by atoms with Gasteiger partial charge in [-0.3, -0.25) is 9.59 Å². The van der Waals surface area contributed by atoms with Crippen molar-refractivity contribution in [2.75, 3.05) is 0 Å². The van der Waals surface area contributed by atoms with Crippen LogP contribution in [0.4, 0.5) is 0 Å². The molecule has 1 N–H and O–H groups in total. The largest absolute Gasteiger partial charge is 0.352 e. The summed E-state index contributed by atoms with van der Waals surface area (Å²) in [5, 5.41) is 3.05. The maximum Gasteiger partial charge on any atom is 0.243 e. The van der Waals surface area contributed by atoms with Crippen LogP contribution in [0.15, 0.2) is 48.5 Å². The molecule has 0 aliphatic rings. The number of amides is 2. The third kappa shape index (κ3) is 6.45. The van der Waals surface area contributed by atoms with E-state index in [0.29, 0.717) is 19.4 Å². The smallest absolute Gasteiger partial charge is 0.243 e. The van der Waals surface area contributed by atoms with Crippen molar-refractivity contribution in [2.45, 2.75) is 72.5 Å². The van der Waals surface area contributed by atoms with E-state index in [1.54, 1.807) is 4.90 Å². The Labute approximate surface area is 175 Å². The summed E-state index contributed by atoms with van der Waals surface area (Å²) in [4.78, 5) is 28.0. The van der Waals surface area contributed by atoms with E-state index in [-0.39, 0.29) is 17.9 Å². The van der Waals surface area contributed by atoms with Crippen LogP contribution in [0.2, 0.25) is 0 Å². The average molecular weight is 395 g/mol. The van der Waals surface area contributed by atoms with Crippen LogP contribution in [0.25, 0.3) is 0 Å². The van der Waals surface area contributed by atoms with Crippen molar-refractivity contribution in [1.29, 1.82) is 0 Å². The fraction of sp³-hybridized carbons (Fsp3) is 0.440. The number of nitrogens with one attached hydrogen (secondary N) is 1. The molecule has 156 valence electrons. The second-order valence-electron chi connectivity index (χ2n) is 7.84. The van der Waals surface area contributed by atoms with E-state index in [9.17, 15) is 9.59 Å². The number of benzene rings is 2. The van der Waals surface area contributed by atoms with Gasteiger partial charge in [0, 0.05) is 12.6 Å². The van der Waals surface area contributed by atoms with Crippen LogP contribution in [-0.4, -0.2) is 28.8 Å². The minimum absolute atomic E-state index is 0.0248. The average Bonchev–Trinajstić information content (AvgIpc) is 2.71. The Kier molecular flexibility index (Phi) is 8.44. The summed E-state index contributed by atoms with van der Waals surface area (Å²) in [7, 11) is 0. The molecular weight excluding hydrogens is 360 g/mol. The van der Waals surface area contributed by atoms with Crippen LogP contribution in [0.3, 0.4) is 0 Å². The molecule has 0 saturated heterocycles. The number of hydrogen-bond acceptors (Lipinski definition) is 2. The Morgan fingerprint density at radius 2 is 1.62 bits per heavy atom. The van der Waals surface area contributed by atoms with Gasteiger partial charge in [-0.25, -0.2) is 0 Å². The van der Waals surface area contributed by atoms with Crippen molar-refractivity contribution < 1.29 is 9.59 Å². The summed E-state index contributed by atoms with van der Waals surface area (Å²) in [5.41, 5.74) is 4.39. The Morgan fingerprint density at radius 1 is 0.931 bits per heavy atom. The standard InChI is InChI=1S/C25H34N2O2/c1-6-20(5)26-25(29)23(7-2)27(17-21-11-9-8-10-12-21)24(28)16-22-14-13-18(3)19(4)15-22/h8-15,20,23H,6-7,16-17H2,1-5H3,(H,26,29)/t20-,23-/m0/s1. The molecule has 0 bridgehead atoms. The van der Waals surface area contributed by atoms with Crippen LogP contribution in [0.1, 0.15) is 55.9 Å². The summed E-state index contributed by atoms with van der Waals surface area (Å²) in [6.07, 6.45) is 1.73. The predicted molar refractivity (Wildman–Crippen MR) is 119 cm³/mol. The lowest BCUT2D eigenvalue weighted by Crippen LogP contribution is -2.51. The molecule has 2 amide bonds. The van der Waals surface area contributed by atoms with Gasteiger partial charge in [0.15, 0.2) is 0 Å². The number of carbonyl (C=O) groups is 2. The Balaban J connectivity index is 2.27. The van der Waals surface area contributed by atoms with Crippen molar-refractivity contribution in [1.82, 2.24) is 10.2 Å². The van der Waals surface area contributed by atoms with E-state index in [1.165, 1.54) is 11.1 Å². The molecule has 0 aromatic heterocycles. The molecule has 2 aromatic carbocycles. The SMILES string of the molecule is CC[C@H](C)NC(=O)[C@H](CC)N(Cc1ccccc1)C(=O)Cc1ccc(C)c(C)c1. The highest BCUT2D eigenvalue weighted by molar-refractivity contribution is 5.88. The molecule has 0 saturated carbocycles. The minimum atomic E-state index is -0.483. The van der Waals surface area contributed by atoms with Crippen LogP contribution in [0, 0.1) is 13.8 Å². The van der Waals surface area contributed by atoms with Crippen LogP contribution < -0.4 is 5.32 Å². The lowest BCUT2D eigenvalue weighted by molar-refractivity contribution is -0.141. The number of hydrogen-bond donors (Lipinski definition) is 1. The highest BCUT2D eigenvalue weighted by Crippen LogP contribution is 2.16. The molecule has 0 unspecified atom stereocenters. The highest BCUT2D eigenvalue weighted by atomic mass is 16.2. The summed E-state index contributed by atoms with van der Waals surface area (Å²) in [5.74, 6) is -0.102. The first-order valence-electron chi connectivity index (χ1n) is 10.6. The van der Waals surface area contributed by atoms with Gasteiger partial charge in [-0.2, -0.15) is 0 Å². The second-order valence-corrected chi connectivity index (χ2v) is 7.84. The molecule has 4 heteroatoms. The quantitative estimate of drug-likeness (QED) is 0.677. The summed E-state index contributed by atoms with van der Waals surface area (Å²) in [6, 6.07) is 15.6. The summed E-state index contributed by atoms with van der Waals surface area (Å²) in [6.45, 7) is 10.5. The summed E-state index contributed by atoms with van der Waals surface area (Å²) >= 11 is 0. The maximum atomic E-state index is 13.3. The van der Waals surface area contributed by atoms with E-state index < -0.39 is 6.04 Å². The highest BCUT2D eigenvalue weighted by Gasteiger charge is 2.29. The van der Waals surface area contributed by atoms with Crippen molar-refractivity contribution in [3.05, 3.63) is 70.8 Å². The Hall–Kier alpha value is -2.62. The van der Waals surface area contributed by atoms with Gasteiger partial charge in [-0.1, -0.05) is 62.4 Å². The van der Waals surface area contributed by atoms with E-state index in [1.807, 2.05) is 63.2 Å². The lowest BCUT2D eigenvalue weighted by Gasteiger charge is -2.31. The Bertz CT molecular complexity index is 817. The molecule has 2 atom stereocenters. The molecule has 0 aliphatic heterocycles. The van der Waals surface area contributed by atoms with Gasteiger partial charge in [-0.15, -0.1) is 0 Å². The van der Waals surface area contributed by atoms with Gasteiger partial charge in [0.2, 0.25) is 11.8 Å². The van der Waals surface area contributed by atoms with Crippen molar-refractivity contribution in [2.24, 2.45) is 0 Å². The zero-order valence-electron chi connectivity index (χ0n) is 18.4. The number of carbonyl (C=O) groups excluding carboxylic acids is 2.